The zero-order valence-corrected chi connectivity index (χ0v) is 45.1. The zero-order valence-electron chi connectivity index (χ0n) is 45.1. The molecule has 0 fully saturated rings. The summed E-state index contributed by atoms with van der Waals surface area (Å²) in [6.07, 6.45) is 0. The van der Waals surface area contributed by atoms with Crippen LogP contribution in [0.3, 0.4) is 0 Å². The van der Waals surface area contributed by atoms with E-state index in [1.54, 1.807) is 0 Å². The van der Waals surface area contributed by atoms with Crippen LogP contribution >= 0.6 is 0 Å². The summed E-state index contributed by atoms with van der Waals surface area (Å²) in [5, 5.41) is 14.1. The smallest absolute Gasteiger partial charge is 0.142 e. The second kappa shape index (κ2) is 17.0. The Kier molecular flexibility index (Phi) is 9.18. The molecule has 0 atom stereocenters. The molecule has 8 heterocycles. The summed E-state index contributed by atoms with van der Waals surface area (Å²) in [7, 11) is 0. The van der Waals surface area contributed by atoms with Gasteiger partial charge in [0.1, 0.15) is 23.3 Å². The minimum Gasteiger partial charge on any atom is -0.309 e. The molecule has 0 N–H and O–H groups in total. The van der Waals surface area contributed by atoms with E-state index in [1.165, 1.54) is 53.9 Å². The van der Waals surface area contributed by atoms with E-state index in [0.29, 0.717) is 0 Å². The Hall–Kier alpha value is -11.5. The predicted molar refractivity (Wildman–Crippen MR) is 348 cm³/mol. The van der Waals surface area contributed by atoms with Crippen molar-refractivity contribution in [1.29, 1.82) is 0 Å². The van der Waals surface area contributed by atoms with Gasteiger partial charge in [-0.05, 0) is 66.7 Å². The number of fused-ring (bicyclic) bond motifs is 19. The maximum absolute atomic E-state index is 5.78. The fraction of sp³-hybridized carbons (Fsp3) is 0. The Morgan fingerprint density at radius 3 is 0.702 bits per heavy atom. The fourth-order valence-electron chi connectivity index (χ4n) is 14.4. The molecule has 0 bridgehead atoms. The molecule has 0 saturated heterocycles. The standard InChI is InChI=1S/C76H46N8/c1-12-32-61-49(21-1)50-22-2-13-33-62(50)81(61)71-43-47(44-72(77-71)82-63-34-14-3-23-51(63)52-24-4-15-35-64(52)82)79-69-40-20-10-30-59(69)75-70(79)42-41-58-57-29-9-11-31-60(57)80(76(58)75)48-45-73(83-65-36-16-5-25-53(65)54-26-6-17-37-66(54)83)78-74(46-48)84-67-38-18-7-27-55(67)56-28-8-19-39-68(56)84/h1-46H. The molecule has 0 radical (unpaired) electrons. The molecule has 0 aliphatic carbocycles. The monoisotopic (exact) mass is 1070 g/mol. The molecule has 84 heavy (non-hydrogen) atoms. The first kappa shape index (κ1) is 45.3. The van der Waals surface area contributed by atoms with Crippen molar-refractivity contribution in [2.75, 3.05) is 0 Å². The Bertz CT molecular complexity index is 5540. The SMILES string of the molecule is c1ccc2c(c1)c1ccccc1n2-c1cc(-n2c3ccccc3c3c2ccc2c4ccccc4n(-c4cc(-n5c6ccccc6c6ccccc65)nc(-n5c6ccccc6c6ccccc65)c4)c23)cc(-n2c3ccccc3c3ccccc32)n1. The second-order valence-electron chi connectivity index (χ2n) is 22.1. The summed E-state index contributed by atoms with van der Waals surface area (Å²) in [6.45, 7) is 0. The molecule has 19 aromatic rings. The third-order valence-corrected chi connectivity index (χ3v) is 17.8. The van der Waals surface area contributed by atoms with E-state index in [4.69, 9.17) is 9.97 Å². The van der Waals surface area contributed by atoms with Crippen molar-refractivity contribution in [2.24, 2.45) is 0 Å². The van der Waals surface area contributed by atoms with Gasteiger partial charge in [-0.15, -0.1) is 0 Å². The minimum absolute atomic E-state index is 0.828. The number of rotatable bonds is 6. The molecule has 0 unspecified atom stereocenters. The molecule has 8 aromatic heterocycles. The highest BCUT2D eigenvalue weighted by Gasteiger charge is 2.26. The molecule has 0 saturated carbocycles. The van der Waals surface area contributed by atoms with Crippen molar-refractivity contribution < 1.29 is 0 Å². The molecule has 390 valence electrons. The molecule has 0 amide bonds. The maximum Gasteiger partial charge on any atom is 0.142 e. The first-order chi connectivity index (χ1) is 41.7. The summed E-state index contributed by atoms with van der Waals surface area (Å²) in [4.78, 5) is 11.5. The number of hydrogen-bond donors (Lipinski definition) is 0. The lowest BCUT2D eigenvalue weighted by Crippen LogP contribution is -2.07. The van der Waals surface area contributed by atoms with Crippen LogP contribution in [0.2, 0.25) is 0 Å². The van der Waals surface area contributed by atoms with Crippen LogP contribution in [0.1, 0.15) is 0 Å². The van der Waals surface area contributed by atoms with Crippen molar-refractivity contribution in [2.45, 2.75) is 0 Å². The van der Waals surface area contributed by atoms with E-state index in [-0.39, 0.29) is 0 Å². The van der Waals surface area contributed by atoms with Crippen LogP contribution in [-0.2, 0) is 0 Å². The Morgan fingerprint density at radius 1 is 0.179 bits per heavy atom. The lowest BCUT2D eigenvalue weighted by atomic mass is 10.1. The van der Waals surface area contributed by atoms with E-state index in [9.17, 15) is 0 Å². The highest BCUT2D eigenvalue weighted by atomic mass is 15.2. The summed E-state index contributed by atoms with van der Waals surface area (Å²) >= 11 is 0. The summed E-state index contributed by atoms with van der Waals surface area (Å²) < 4.78 is 14.4. The number of para-hydroxylation sites is 10. The normalized spacial score (nSPS) is 12.3. The van der Waals surface area contributed by atoms with Crippen LogP contribution in [0, 0.1) is 0 Å². The molecule has 11 aromatic carbocycles. The molecule has 0 aliphatic rings. The van der Waals surface area contributed by atoms with Crippen LogP contribution in [0.25, 0.3) is 165 Å². The quantitative estimate of drug-likeness (QED) is 0.167. The lowest BCUT2D eigenvalue weighted by Gasteiger charge is -2.17. The van der Waals surface area contributed by atoms with E-state index >= 15 is 0 Å². The van der Waals surface area contributed by atoms with Crippen LogP contribution in [0.4, 0.5) is 0 Å². The van der Waals surface area contributed by atoms with E-state index < -0.39 is 0 Å². The predicted octanol–water partition coefficient (Wildman–Crippen LogP) is 19.1. The highest BCUT2D eigenvalue weighted by molar-refractivity contribution is 6.26. The average Bonchev–Trinajstić information content (AvgIpc) is 1.93. The summed E-state index contributed by atoms with van der Waals surface area (Å²) in [5.74, 6) is 3.31. The average molecular weight is 1070 g/mol. The van der Waals surface area contributed by atoms with E-state index in [1.807, 2.05) is 0 Å². The van der Waals surface area contributed by atoms with Gasteiger partial charge in [0.2, 0.25) is 0 Å². The molecule has 8 heteroatoms. The van der Waals surface area contributed by atoms with Crippen molar-refractivity contribution in [3.63, 3.8) is 0 Å². The number of benzene rings is 11. The number of pyridine rings is 2. The van der Waals surface area contributed by atoms with E-state index in [0.717, 1.165) is 112 Å². The zero-order chi connectivity index (χ0) is 54.7. The number of hydrogen-bond acceptors (Lipinski definition) is 2. The van der Waals surface area contributed by atoms with Gasteiger partial charge in [0.25, 0.3) is 0 Å². The first-order valence-corrected chi connectivity index (χ1v) is 28.7. The minimum atomic E-state index is 0.828. The Labute approximate surface area is 479 Å². The largest absolute Gasteiger partial charge is 0.309 e. The molecular formula is C76H46N8. The molecule has 8 nitrogen and oxygen atoms in total. The third-order valence-electron chi connectivity index (χ3n) is 17.8. The second-order valence-corrected chi connectivity index (χ2v) is 22.1. The third kappa shape index (κ3) is 6.14. The van der Waals surface area contributed by atoms with Gasteiger partial charge >= 0.3 is 0 Å². The van der Waals surface area contributed by atoms with Gasteiger partial charge in [-0.3, -0.25) is 18.3 Å². The summed E-state index contributed by atoms with van der Waals surface area (Å²) in [6, 6.07) is 101. The van der Waals surface area contributed by atoms with Crippen molar-refractivity contribution in [3.8, 4) is 34.6 Å². The van der Waals surface area contributed by atoms with Crippen molar-refractivity contribution in [3.05, 3.63) is 279 Å². The van der Waals surface area contributed by atoms with Gasteiger partial charge < -0.3 is 9.13 Å². The van der Waals surface area contributed by atoms with Gasteiger partial charge in [-0.2, -0.15) is 0 Å². The topological polar surface area (TPSA) is 55.4 Å². The van der Waals surface area contributed by atoms with E-state index in [2.05, 4.69) is 306 Å². The Balaban J connectivity index is 0.945. The van der Waals surface area contributed by atoms with Gasteiger partial charge in [-0.25, -0.2) is 9.97 Å². The van der Waals surface area contributed by atoms with Gasteiger partial charge in [0, 0.05) is 88.9 Å². The fourth-order valence-corrected chi connectivity index (χ4v) is 14.4. The number of aromatic nitrogens is 8. The van der Waals surface area contributed by atoms with Crippen LogP contribution in [0.5, 0.6) is 0 Å². The highest BCUT2D eigenvalue weighted by Crippen LogP contribution is 2.45. The first-order valence-electron chi connectivity index (χ1n) is 28.7. The molecular weight excluding hydrogens is 1020 g/mol. The number of nitrogens with zero attached hydrogens (tertiary/aromatic N) is 8. The van der Waals surface area contributed by atoms with Crippen LogP contribution < -0.4 is 0 Å². The van der Waals surface area contributed by atoms with Crippen LogP contribution in [-0.4, -0.2) is 37.4 Å². The lowest BCUT2D eigenvalue weighted by molar-refractivity contribution is 0.997. The molecule has 0 spiro atoms. The van der Waals surface area contributed by atoms with Crippen LogP contribution in [0.15, 0.2) is 279 Å². The van der Waals surface area contributed by atoms with Gasteiger partial charge in [0.05, 0.1) is 77.6 Å². The van der Waals surface area contributed by atoms with Gasteiger partial charge in [-0.1, -0.05) is 188 Å². The van der Waals surface area contributed by atoms with Gasteiger partial charge in [0.15, 0.2) is 0 Å². The molecule has 19 rings (SSSR count). The van der Waals surface area contributed by atoms with Crippen molar-refractivity contribution in [1.82, 2.24) is 37.4 Å². The molecule has 0 aliphatic heterocycles. The Morgan fingerprint density at radius 2 is 0.405 bits per heavy atom. The maximum atomic E-state index is 5.78. The van der Waals surface area contributed by atoms with Crippen molar-refractivity contribution >= 4 is 131 Å². The summed E-state index contributed by atoms with van der Waals surface area (Å²) in [5.41, 5.74) is 15.2.